The second kappa shape index (κ2) is 2.89. The van der Waals surface area contributed by atoms with Gasteiger partial charge in [-0.3, -0.25) is 0 Å². The van der Waals surface area contributed by atoms with Gasteiger partial charge in [0.2, 0.25) is 17.2 Å². The van der Waals surface area contributed by atoms with E-state index in [9.17, 15) is 35.1 Å². The van der Waals surface area contributed by atoms with Gasteiger partial charge in [0, 0.05) is 0 Å². The topological polar surface area (TPSA) is 0 Å². The van der Waals surface area contributed by atoms with Crippen molar-refractivity contribution in [2.24, 2.45) is 0 Å². The maximum Gasteiger partial charge on any atom is 0.366 e. The number of hydrogen-bond acceptors (Lipinski definition) is 0. The van der Waals surface area contributed by atoms with Crippen molar-refractivity contribution in [2.75, 3.05) is 0 Å². The molecule has 0 aromatic carbocycles. The fraction of sp³-hybridized carbons (Fsp3) is 0.750. The van der Waals surface area contributed by atoms with E-state index < -0.39 is 34.8 Å². The molecule has 8 heteroatoms. The molecule has 0 heterocycles. The Morgan fingerprint density at radius 3 is 1.50 bits per heavy atom. The minimum absolute atomic E-state index is 0.0644. The van der Waals surface area contributed by atoms with Crippen LogP contribution < -0.4 is 0 Å². The van der Waals surface area contributed by atoms with Crippen LogP contribution in [0.5, 0.6) is 0 Å². The number of hydrogen-bond donors (Lipinski definition) is 0. The predicted molar refractivity (Wildman–Crippen MR) is 38.2 cm³/mol. The Morgan fingerprint density at radius 2 is 1.12 bits per heavy atom. The second-order valence-corrected chi connectivity index (χ2v) is 3.78. The summed E-state index contributed by atoms with van der Waals surface area (Å²) in [5.41, 5.74) is -8.73. The molecule has 0 N–H and O–H groups in total. The lowest BCUT2D eigenvalue weighted by atomic mass is 9.75. The van der Waals surface area contributed by atoms with E-state index in [4.69, 9.17) is 0 Å². The van der Waals surface area contributed by atoms with Gasteiger partial charge in [-0.05, 0) is 13.8 Å². The molecule has 0 bridgehead atoms. The fourth-order valence-electron chi connectivity index (χ4n) is 1.28. The Kier molecular flexibility index (Phi) is 2.39. The highest BCUT2D eigenvalue weighted by atomic mass is 19.3. The van der Waals surface area contributed by atoms with Gasteiger partial charge < -0.3 is 0 Å². The summed E-state index contributed by atoms with van der Waals surface area (Å²) in [6.45, 7) is -0.308. The van der Waals surface area contributed by atoms with E-state index in [2.05, 4.69) is 0 Å². The molecule has 0 nitrogen and oxygen atoms in total. The summed E-state index contributed by atoms with van der Waals surface area (Å²) in [4.78, 5) is 0. The summed E-state index contributed by atoms with van der Waals surface area (Å²) in [6.07, 6.45) is 0. The number of rotatable bonds is 0. The van der Waals surface area contributed by atoms with Gasteiger partial charge >= 0.3 is 11.8 Å². The number of halogens is 8. The number of alkyl halides is 6. The summed E-state index contributed by atoms with van der Waals surface area (Å²) < 4.78 is 103. The van der Waals surface area contributed by atoms with Crippen molar-refractivity contribution >= 4 is 0 Å². The summed E-state index contributed by atoms with van der Waals surface area (Å²) in [5.74, 6) is -17.5. The molecule has 1 aliphatic rings. The van der Waals surface area contributed by atoms with Gasteiger partial charge in [-0.1, -0.05) is 0 Å². The second-order valence-electron chi connectivity index (χ2n) is 3.78. The Labute approximate surface area is 84.9 Å². The lowest BCUT2D eigenvalue weighted by Gasteiger charge is -2.44. The minimum Gasteiger partial charge on any atom is -0.233 e. The maximum absolute atomic E-state index is 13.3. The number of allylic oxidation sites excluding steroid dienone is 2. The van der Waals surface area contributed by atoms with Gasteiger partial charge in [0.05, 0.1) is 0 Å². The van der Waals surface area contributed by atoms with Crippen LogP contribution in [0.3, 0.4) is 0 Å². The van der Waals surface area contributed by atoms with E-state index in [1.54, 1.807) is 0 Å². The van der Waals surface area contributed by atoms with Crippen LogP contribution in [0.4, 0.5) is 35.1 Å². The summed E-state index contributed by atoms with van der Waals surface area (Å²) in [7, 11) is 0. The highest BCUT2D eigenvalue weighted by Crippen LogP contribution is 2.60. The average Bonchev–Trinajstić information content (AvgIpc) is 2.12. The van der Waals surface area contributed by atoms with Crippen LogP contribution in [-0.2, 0) is 0 Å². The molecule has 1 rings (SSSR count). The van der Waals surface area contributed by atoms with Gasteiger partial charge in [-0.15, -0.1) is 0 Å². The van der Waals surface area contributed by atoms with Crippen LogP contribution in [-0.4, -0.2) is 23.2 Å². The van der Waals surface area contributed by atoms with E-state index >= 15 is 0 Å². The molecule has 16 heavy (non-hydrogen) atoms. The first-order valence-corrected chi connectivity index (χ1v) is 4.01. The molecular weight excluding hydrogens is 248 g/mol. The van der Waals surface area contributed by atoms with Gasteiger partial charge in [0.1, 0.15) is 0 Å². The largest absolute Gasteiger partial charge is 0.366 e. The highest BCUT2D eigenvalue weighted by molar-refractivity contribution is 5.34. The zero-order chi connectivity index (χ0) is 13.2. The quantitative estimate of drug-likeness (QED) is 0.575. The fourth-order valence-corrected chi connectivity index (χ4v) is 1.28. The van der Waals surface area contributed by atoms with E-state index in [1.165, 1.54) is 0 Å². The predicted octanol–water partition coefficient (Wildman–Crippen LogP) is 3.88. The molecule has 0 spiro atoms. The normalized spacial score (nSPS) is 42.4. The third-order valence-corrected chi connectivity index (χ3v) is 2.75. The Balaban J connectivity index is 3.64. The van der Waals surface area contributed by atoms with Crippen molar-refractivity contribution in [3.8, 4) is 0 Å². The summed E-state index contributed by atoms with van der Waals surface area (Å²) in [5, 5.41) is 0. The van der Waals surface area contributed by atoms with Crippen molar-refractivity contribution in [2.45, 2.75) is 37.0 Å². The molecule has 0 fully saturated rings. The van der Waals surface area contributed by atoms with Crippen LogP contribution in [0.15, 0.2) is 11.7 Å². The summed E-state index contributed by atoms with van der Waals surface area (Å²) in [6, 6.07) is 0. The maximum atomic E-state index is 13.3. The minimum atomic E-state index is -5.72. The molecule has 0 aliphatic heterocycles. The molecule has 2 atom stereocenters. The molecule has 0 radical (unpaired) electrons. The first-order chi connectivity index (χ1) is 6.82. The molecule has 2 unspecified atom stereocenters. The smallest absolute Gasteiger partial charge is 0.233 e. The molecule has 1 aliphatic carbocycles. The van der Waals surface area contributed by atoms with Crippen molar-refractivity contribution in [3.63, 3.8) is 0 Å². The van der Waals surface area contributed by atoms with Crippen molar-refractivity contribution in [3.05, 3.63) is 11.7 Å². The lowest BCUT2D eigenvalue weighted by molar-refractivity contribution is -0.294. The molecule has 94 valence electrons. The van der Waals surface area contributed by atoms with Crippen molar-refractivity contribution in [1.82, 2.24) is 0 Å². The average molecular weight is 254 g/mol. The Bertz CT molecular complexity index is 317. The van der Waals surface area contributed by atoms with Crippen LogP contribution in [0.2, 0.25) is 0 Å². The van der Waals surface area contributed by atoms with Crippen molar-refractivity contribution in [1.29, 1.82) is 0 Å². The van der Waals surface area contributed by atoms with E-state index in [1.807, 2.05) is 0 Å². The zero-order valence-corrected chi connectivity index (χ0v) is 8.02. The molecule has 0 amide bonds. The molecule has 0 saturated carbocycles. The lowest BCUT2D eigenvalue weighted by Crippen LogP contribution is -2.67. The molecular formula is C8H6F8. The van der Waals surface area contributed by atoms with Crippen LogP contribution in [0.1, 0.15) is 13.8 Å². The molecule has 0 saturated heterocycles. The third kappa shape index (κ3) is 1.10. The van der Waals surface area contributed by atoms with Crippen molar-refractivity contribution < 1.29 is 35.1 Å². The van der Waals surface area contributed by atoms with Crippen LogP contribution >= 0.6 is 0 Å². The molecule has 0 aromatic heterocycles. The first-order valence-electron chi connectivity index (χ1n) is 4.01. The van der Waals surface area contributed by atoms with E-state index in [0.717, 1.165) is 0 Å². The van der Waals surface area contributed by atoms with Gasteiger partial charge in [-0.2, -0.15) is 17.6 Å². The monoisotopic (exact) mass is 254 g/mol. The first kappa shape index (κ1) is 13.2. The van der Waals surface area contributed by atoms with Gasteiger partial charge in [0.15, 0.2) is 5.83 Å². The third-order valence-electron chi connectivity index (χ3n) is 2.75. The SMILES string of the molecule is CC1(F)C(F)=C(F)C(F)(F)C(F)(F)C1(C)F. The highest BCUT2D eigenvalue weighted by Gasteiger charge is 2.81. The van der Waals surface area contributed by atoms with E-state index in [0.29, 0.717) is 0 Å². The standard InChI is InChI=1S/C8H6F8/c1-5(11)3(9)4(10)7(13,14)8(15,16)6(5,2)12/h1-2H3. The molecule has 0 aromatic rings. The Morgan fingerprint density at radius 1 is 0.750 bits per heavy atom. The van der Waals surface area contributed by atoms with Crippen LogP contribution in [0.25, 0.3) is 0 Å². The van der Waals surface area contributed by atoms with E-state index in [-0.39, 0.29) is 13.8 Å². The van der Waals surface area contributed by atoms with Crippen LogP contribution in [0, 0.1) is 0 Å². The van der Waals surface area contributed by atoms with Gasteiger partial charge in [0.25, 0.3) is 0 Å². The summed E-state index contributed by atoms with van der Waals surface area (Å²) >= 11 is 0. The zero-order valence-electron chi connectivity index (χ0n) is 8.02. The Hall–Kier alpha value is -0.820. The van der Waals surface area contributed by atoms with Gasteiger partial charge in [-0.25, -0.2) is 17.6 Å².